The Morgan fingerprint density at radius 1 is 1.35 bits per heavy atom. The molecule has 0 fully saturated rings. The minimum Gasteiger partial charge on any atom is -0.424 e. The van der Waals surface area contributed by atoms with Crippen molar-refractivity contribution in [2.24, 2.45) is 10.9 Å². The minimum absolute atomic E-state index is 0.125. The molecule has 0 bridgehead atoms. The first kappa shape index (κ1) is 22.7. The van der Waals surface area contributed by atoms with Crippen LogP contribution in [0.5, 0.6) is 5.75 Å². The van der Waals surface area contributed by atoms with Crippen molar-refractivity contribution in [2.75, 3.05) is 18.9 Å². The lowest BCUT2D eigenvalue weighted by atomic mass is 10.00. The minimum atomic E-state index is -0.317. The van der Waals surface area contributed by atoms with E-state index in [2.05, 4.69) is 24.0 Å². The Kier molecular flexibility index (Phi) is 7.25. The number of hydrogen-bond donors (Lipinski definition) is 3. The van der Waals surface area contributed by atoms with E-state index in [0.717, 1.165) is 29.7 Å². The average Bonchev–Trinajstić information content (AvgIpc) is 3.16. The number of rotatable bonds is 8. The Labute approximate surface area is 183 Å². The molecule has 1 atom stereocenters. The number of nitrogens with zero attached hydrogens (tertiary/aromatic N) is 1. The summed E-state index contributed by atoms with van der Waals surface area (Å²) in [5.41, 5.74) is 12.4. The zero-order valence-corrected chi connectivity index (χ0v) is 18.4. The highest BCUT2D eigenvalue weighted by Crippen LogP contribution is 2.36. The molecule has 0 saturated heterocycles. The first-order valence-electron chi connectivity index (χ1n) is 10.6. The van der Waals surface area contributed by atoms with Crippen LogP contribution in [0.2, 0.25) is 0 Å². The van der Waals surface area contributed by atoms with Crippen molar-refractivity contribution in [1.82, 2.24) is 5.32 Å². The van der Waals surface area contributed by atoms with Crippen LogP contribution in [0.3, 0.4) is 0 Å². The second-order valence-electron chi connectivity index (χ2n) is 8.11. The molecule has 164 valence electrons. The van der Waals surface area contributed by atoms with Gasteiger partial charge in [-0.15, -0.1) is 0 Å². The largest absolute Gasteiger partial charge is 0.424 e. The smallest absolute Gasteiger partial charge is 0.313 e. The number of aliphatic hydroxyl groups excluding tert-OH is 1. The maximum Gasteiger partial charge on any atom is 0.313 e. The van der Waals surface area contributed by atoms with Gasteiger partial charge in [0.1, 0.15) is 0 Å². The monoisotopic (exact) mass is 421 g/mol. The fourth-order valence-corrected chi connectivity index (χ4v) is 3.80. The number of nitrogen functional groups attached to an aromatic ring is 1. The molecule has 4 N–H and O–H groups in total. The van der Waals surface area contributed by atoms with Gasteiger partial charge >= 0.3 is 5.97 Å². The van der Waals surface area contributed by atoms with Crippen LogP contribution in [-0.2, 0) is 11.2 Å². The summed E-state index contributed by atoms with van der Waals surface area (Å²) in [6.07, 6.45) is 1.94. The van der Waals surface area contributed by atoms with Crippen LogP contribution in [0.15, 0.2) is 48.0 Å². The fraction of sp³-hybridized carbons (Fsp3) is 0.360. The number of nitrogens with two attached hydrogens (primary N) is 1. The Bertz CT molecular complexity index is 1010. The van der Waals surface area contributed by atoms with Crippen molar-refractivity contribution in [1.29, 1.82) is 0 Å². The van der Waals surface area contributed by atoms with Gasteiger partial charge in [0.05, 0.1) is 23.9 Å². The Hall–Kier alpha value is -2.96. The molecule has 6 heteroatoms. The summed E-state index contributed by atoms with van der Waals surface area (Å²) < 4.78 is 5.34. The van der Waals surface area contributed by atoms with Gasteiger partial charge in [0.15, 0.2) is 5.75 Å². The molecule has 2 aromatic carbocycles. The maximum absolute atomic E-state index is 11.8. The lowest BCUT2D eigenvalue weighted by Crippen LogP contribution is -2.22. The molecule has 1 aliphatic carbocycles. The predicted molar refractivity (Wildman–Crippen MR) is 125 cm³/mol. The molecule has 3 rings (SSSR count). The number of hydrogen-bond acceptors (Lipinski definition) is 6. The van der Waals surface area contributed by atoms with E-state index < -0.39 is 0 Å². The number of carbonyl (C=O) groups excluding carboxylic acids is 1. The lowest BCUT2D eigenvalue weighted by molar-refractivity contribution is -0.137. The van der Waals surface area contributed by atoms with Crippen LogP contribution in [0.1, 0.15) is 55.5 Å². The standard InChI is InChI=1S/C25H31N3O3/c1-15(2)25(30)31-24-11-8-18(14-22(24)26)16(3)28-17(4)19-6-5-7-21-20(19)9-10-23(21)27-12-13-29/h5-8,11,14-15,23,27,29H,4,9-10,12-13,26H2,1-3H3. The summed E-state index contributed by atoms with van der Waals surface area (Å²) in [5.74, 6) is -0.184. The van der Waals surface area contributed by atoms with Gasteiger partial charge in [-0.25, -0.2) is 0 Å². The van der Waals surface area contributed by atoms with Gasteiger partial charge in [-0.3, -0.25) is 9.79 Å². The van der Waals surface area contributed by atoms with E-state index in [0.29, 0.717) is 23.7 Å². The quantitative estimate of drug-likeness (QED) is 0.260. The summed E-state index contributed by atoms with van der Waals surface area (Å²) in [4.78, 5) is 16.6. The van der Waals surface area contributed by atoms with Crippen molar-refractivity contribution >= 4 is 23.1 Å². The zero-order valence-electron chi connectivity index (χ0n) is 18.4. The third-order valence-electron chi connectivity index (χ3n) is 5.50. The number of nitrogens with one attached hydrogen (secondary N) is 1. The summed E-state index contributed by atoms with van der Waals surface area (Å²) in [6, 6.07) is 11.8. The highest BCUT2D eigenvalue weighted by molar-refractivity contribution is 6.02. The molecule has 31 heavy (non-hydrogen) atoms. The van der Waals surface area contributed by atoms with Crippen molar-refractivity contribution in [3.05, 3.63) is 65.2 Å². The Balaban J connectivity index is 1.80. The zero-order chi connectivity index (χ0) is 22.5. The van der Waals surface area contributed by atoms with Crippen molar-refractivity contribution < 1.29 is 14.6 Å². The predicted octanol–water partition coefficient (Wildman–Crippen LogP) is 3.88. The number of aliphatic hydroxyl groups is 1. The van der Waals surface area contributed by atoms with Crippen molar-refractivity contribution in [3.8, 4) is 5.75 Å². The van der Waals surface area contributed by atoms with Crippen LogP contribution >= 0.6 is 0 Å². The van der Waals surface area contributed by atoms with Crippen LogP contribution < -0.4 is 15.8 Å². The van der Waals surface area contributed by atoms with Gasteiger partial charge in [0, 0.05) is 23.9 Å². The molecule has 0 saturated carbocycles. The lowest BCUT2D eigenvalue weighted by Gasteiger charge is -2.14. The first-order valence-corrected chi connectivity index (χ1v) is 10.6. The van der Waals surface area contributed by atoms with Crippen LogP contribution in [0.25, 0.3) is 5.70 Å². The molecule has 6 nitrogen and oxygen atoms in total. The number of fused-ring (bicyclic) bond motifs is 1. The normalized spacial score (nSPS) is 15.8. The van der Waals surface area contributed by atoms with Gasteiger partial charge in [0.2, 0.25) is 0 Å². The molecule has 0 spiro atoms. The van der Waals surface area contributed by atoms with Gasteiger partial charge in [-0.2, -0.15) is 0 Å². The number of ether oxygens (including phenoxy) is 1. The molecule has 0 heterocycles. The molecule has 0 amide bonds. The van der Waals surface area contributed by atoms with E-state index in [1.54, 1.807) is 26.0 Å². The van der Waals surface area contributed by atoms with Gasteiger partial charge < -0.3 is 20.9 Å². The number of benzene rings is 2. The number of carbonyl (C=O) groups is 1. The van der Waals surface area contributed by atoms with E-state index in [4.69, 9.17) is 20.6 Å². The number of aliphatic imine (C=N–C) groups is 1. The Morgan fingerprint density at radius 2 is 2.13 bits per heavy atom. The molecule has 0 aliphatic heterocycles. The van der Waals surface area contributed by atoms with Crippen LogP contribution in [-0.4, -0.2) is 29.9 Å². The molecule has 0 radical (unpaired) electrons. The SMILES string of the molecule is C=C(N=C(C)c1ccc(OC(=O)C(C)C)c(N)c1)c1cccc2c1CCC2NCCO. The van der Waals surface area contributed by atoms with Crippen molar-refractivity contribution in [3.63, 3.8) is 0 Å². The third kappa shape index (κ3) is 5.21. The highest BCUT2D eigenvalue weighted by Gasteiger charge is 2.24. The molecule has 0 aromatic heterocycles. The summed E-state index contributed by atoms with van der Waals surface area (Å²) in [5, 5.41) is 12.5. The van der Waals surface area contributed by atoms with E-state index in [-0.39, 0.29) is 24.5 Å². The Morgan fingerprint density at radius 3 is 2.81 bits per heavy atom. The summed E-state index contributed by atoms with van der Waals surface area (Å²) in [6.45, 7) is 10.4. The van der Waals surface area contributed by atoms with E-state index in [1.165, 1.54) is 11.1 Å². The number of esters is 1. The molecule has 1 unspecified atom stereocenters. The third-order valence-corrected chi connectivity index (χ3v) is 5.50. The van der Waals surface area contributed by atoms with Gasteiger partial charge in [-0.1, -0.05) is 38.6 Å². The fourth-order valence-electron chi connectivity index (χ4n) is 3.80. The summed E-state index contributed by atoms with van der Waals surface area (Å²) >= 11 is 0. The van der Waals surface area contributed by atoms with E-state index in [1.807, 2.05) is 19.1 Å². The molecule has 1 aliphatic rings. The molecular weight excluding hydrogens is 390 g/mol. The van der Waals surface area contributed by atoms with Gasteiger partial charge in [-0.05, 0) is 54.7 Å². The second-order valence-corrected chi connectivity index (χ2v) is 8.11. The maximum atomic E-state index is 11.8. The van der Waals surface area contributed by atoms with E-state index >= 15 is 0 Å². The van der Waals surface area contributed by atoms with Crippen molar-refractivity contribution in [2.45, 2.75) is 39.7 Å². The average molecular weight is 422 g/mol. The van der Waals surface area contributed by atoms with E-state index in [9.17, 15) is 4.79 Å². The molecule has 2 aromatic rings. The van der Waals surface area contributed by atoms with Crippen LogP contribution in [0, 0.1) is 5.92 Å². The molecular formula is C25H31N3O3. The summed E-state index contributed by atoms with van der Waals surface area (Å²) in [7, 11) is 0. The second kappa shape index (κ2) is 9.90. The van der Waals surface area contributed by atoms with Crippen LogP contribution in [0.4, 0.5) is 5.69 Å². The first-order chi connectivity index (χ1) is 14.8. The topological polar surface area (TPSA) is 96.9 Å². The number of anilines is 1. The van der Waals surface area contributed by atoms with Gasteiger partial charge in [0.25, 0.3) is 0 Å². The highest BCUT2D eigenvalue weighted by atomic mass is 16.5.